The smallest absolute Gasteiger partial charge is 0.316 e. The van der Waals surface area contributed by atoms with Crippen molar-refractivity contribution in [1.82, 2.24) is 14.9 Å². The summed E-state index contributed by atoms with van der Waals surface area (Å²) in [7, 11) is 0. The van der Waals surface area contributed by atoms with Gasteiger partial charge in [-0.3, -0.25) is 4.79 Å². The predicted molar refractivity (Wildman–Crippen MR) is 82.6 cm³/mol. The van der Waals surface area contributed by atoms with E-state index >= 15 is 0 Å². The van der Waals surface area contributed by atoms with Crippen LogP contribution in [0.25, 0.3) is 0 Å². The zero-order valence-electron chi connectivity index (χ0n) is 13.0. The summed E-state index contributed by atoms with van der Waals surface area (Å²) in [5.74, 6) is 7.22. The zero-order valence-corrected chi connectivity index (χ0v) is 13.8. The van der Waals surface area contributed by atoms with Gasteiger partial charge in [0.2, 0.25) is 5.16 Å². The number of aromatic nitrogens is 3. The first-order chi connectivity index (χ1) is 9.87. The highest BCUT2D eigenvalue weighted by Crippen LogP contribution is 2.32. The van der Waals surface area contributed by atoms with Crippen LogP contribution in [0.15, 0.2) is 5.16 Å². The summed E-state index contributed by atoms with van der Waals surface area (Å²) in [6.45, 7) is 5.55. The van der Waals surface area contributed by atoms with Gasteiger partial charge in [0.25, 0.3) is 0 Å². The number of esters is 1. The summed E-state index contributed by atoms with van der Waals surface area (Å²) in [6, 6.07) is 0. The van der Waals surface area contributed by atoms with Crippen LogP contribution in [-0.2, 0) is 9.53 Å². The molecule has 0 spiro atoms. The maximum absolute atomic E-state index is 11.7. The van der Waals surface area contributed by atoms with Crippen LogP contribution in [0.5, 0.6) is 0 Å². The Balaban J connectivity index is 1.92. The van der Waals surface area contributed by atoms with Crippen molar-refractivity contribution in [2.24, 2.45) is 0 Å². The Morgan fingerprint density at radius 2 is 2.00 bits per heavy atom. The fraction of sp³-hybridized carbons (Fsp3) is 0.786. The third kappa shape index (κ3) is 4.62. The van der Waals surface area contributed by atoms with Crippen LogP contribution in [0.3, 0.4) is 0 Å². The highest BCUT2D eigenvalue weighted by Gasteiger charge is 2.23. The van der Waals surface area contributed by atoms with Gasteiger partial charge in [0.15, 0.2) is 5.82 Å². The maximum Gasteiger partial charge on any atom is 0.316 e. The summed E-state index contributed by atoms with van der Waals surface area (Å²) in [4.78, 5) is 11.7. The van der Waals surface area contributed by atoms with Crippen molar-refractivity contribution in [3.05, 3.63) is 5.82 Å². The van der Waals surface area contributed by atoms with Crippen LogP contribution in [0.1, 0.15) is 64.6 Å². The van der Waals surface area contributed by atoms with Crippen molar-refractivity contribution in [3.63, 3.8) is 0 Å². The average molecular weight is 312 g/mol. The first kappa shape index (κ1) is 16.1. The number of rotatable bonds is 4. The SMILES string of the molecule is CC(C)(C)OC(=O)CSc1nnc(C2CCCCC2)n1N. The molecule has 7 heteroatoms. The van der Waals surface area contributed by atoms with E-state index in [0.717, 1.165) is 18.7 Å². The molecule has 1 aromatic rings. The molecule has 2 rings (SSSR count). The Hall–Kier alpha value is -1.24. The van der Waals surface area contributed by atoms with Crippen LogP contribution in [0.4, 0.5) is 0 Å². The molecule has 1 fully saturated rings. The van der Waals surface area contributed by atoms with Crippen molar-refractivity contribution in [2.75, 3.05) is 11.6 Å². The van der Waals surface area contributed by atoms with Gasteiger partial charge in [-0.1, -0.05) is 31.0 Å². The second-order valence-electron chi connectivity index (χ2n) is 6.42. The van der Waals surface area contributed by atoms with Gasteiger partial charge >= 0.3 is 5.97 Å². The second-order valence-corrected chi connectivity index (χ2v) is 7.36. The van der Waals surface area contributed by atoms with Crippen molar-refractivity contribution in [2.45, 2.75) is 69.6 Å². The normalized spacial score (nSPS) is 16.9. The lowest BCUT2D eigenvalue weighted by atomic mass is 9.89. The minimum atomic E-state index is -0.471. The van der Waals surface area contributed by atoms with Gasteiger partial charge in [-0.05, 0) is 33.6 Å². The van der Waals surface area contributed by atoms with E-state index in [1.807, 2.05) is 20.8 Å². The zero-order chi connectivity index (χ0) is 15.5. The van der Waals surface area contributed by atoms with E-state index in [1.165, 1.54) is 35.7 Å². The van der Waals surface area contributed by atoms with Crippen molar-refractivity contribution < 1.29 is 9.53 Å². The summed E-state index contributed by atoms with van der Waals surface area (Å²) < 4.78 is 6.80. The highest BCUT2D eigenvalue weighted by atomic mass is 32.2. The Kier molecular flexibility index (Phi) is 5.13. The number of carbonyl (C=O) groups is 1. The molecule has 0 radical (unpaired) electrons. The van der Waals surface area contributed by atoms with Gasteiger partial charge in [-0.15, -0.1) is 10.2 Å². The van der Waals surface area contributed by atoms with Gasteiger partial charge in [-0.25, -0.2) is 4.68 Å². The number of nitrogens with zero attached hydrogens (tertiary/aromatic N) is 3. The monoisotopic (exact) mass is 312 g/mol. The van der Waals surface area contributed by atoms with Crippen LogP contribution in [0.2, 0.25) is 0 Å². The number of thioether (sulfide) groups is 1. The molecule has 2 N–H and O–H groups in total. The molecule has 1 saturated carbocycles. The van der Waals surface area contributed by atoms with E-state index < -0.39 is 5.60 Å². The van der Waals surface area contributed by atoms with Crippen LogP contribution < -0.4 is 5.84 Å². The fourth-order valence-electron chi connectivity index (χ4n) is 2.52. The molecule has 118 valence electrons. The van der Waals surface area contributed by atoms with E-state index in [0.29, 0.717) is 11.1 Å². The van der Waals surface area contributed by atoms with E-state index in [2.05, 4.69) is 10.2 Å². The summed E-state index contributed by atoms with van der Waals surface area (Å²) >= 11 is 1.27. The first-order valence-electron chi connectivity index (χ1n) is 7.42. The molecular weight excluding hydrogens is 288 g/mol. The molecule has 0 saturated heterocycles. The first-order valence-corrected chi connectivity index (χ1v) is 8.40. The third-order valence-electron chi connectivity index (χ3n) is 3.40. The number of ether oxygens (including phenoxy) is 1. The molecule has 0 atom stereocenters. The maximum atomic E-state index is 11.7. The molecule has 6 nitrogen and oxygen atoms in total. The topological polar surface area (TPSA) is 83.0 Å². The molecule has 1 aromatic heterocycles. The van der Waals surface area contributed by atoms with Gasteiger partial charge in [-0.2, -0.15) is 0 Å². The quantitative estimate of drug-likeness (QED) is 0.522. The summed E-state index contributed by atoms with van der Waals surface area (Å²) in [5.41, 5.74) is -0.471. The second kappa shape index (κ2) is 6.68. The fourth-order valence-corrected chi connectivity index (χ4v) is 3.16. The molecule has 0 aliphatic heterocycles. The van der Waals surface area contributed by atoms with Crippen molar-refractivity contribution in [3.8, 4) is 0 Å². The lowest BCUT2D eigenvalue weighted by Crippen LogP contribution is -2.25. The van der Waals surface area contributed by atoms with Gasteiger partial charge in [0.05, 0.1) is 5.75 Å². The number of nitrogens with two attached hydrogens (primary N) is 1. The van der Waals surface area contributed by atoms with E-state index in [4.69, 9.17) is 10.6 Å². The molecule has 1 heterocycles. The minimum absolute atomic E-state index is 0.192. The van der Waals surface area contributed by atoms with Gasteiger partial charge < -0.3 is 10.6 Å². The van der Waals surface area contributed by atoms with Crippen molar-refractivity contribution >= 4 is 17.7 Å². The third-order valence-corrected chi connectivity index (χ3v) is 4.32. The van der Waals surface area contributed by atoms with Crippen molar-refractivity contribution in [1.29, 1.82) is 0 Å². The number of carbonyl (C=O) groups excluding carboxylic acids is 1. The molecule has 0 bridgehead atoms. The number of hydrogen-bond donors (Lipinski definition) is 1. The predicted octanol–water partition coefficient (Wildman–Crippen LogP) is 2.47. The van der Waals surface area contributed by atoms with Gasteiger partial charge in [0.1, 0.15) is 5.60 Å². The lowest BCUT2D eigenvalue weighted by Gasteiger charge is -2.20. The highest BCUT2D eigenvalue weighted by molar-refractivity contribution is 7.99. The Labute approximate surface area is 129 Å². The Morgan fingerprint density at radius 1 is 1.33 bits per heavy atom. The molecule has 0 unspecified atom stereocenters. The molecule has 0 aromatic carbocycles. The molecule has 1 aliphatic carbocycles. The van der Waals surface area contributed by atoms with E-state index in [9.17, 15) is 4.79 Å². The number of nitrogen functional groups attached to an aromatic ring is 1. The van der Waals surface area contributed by atoms with E-state index in [1.54, 1.807) is 0 Å². The molecule has 21 heavy (non-hydrogen) atoms. The average Bonchev–Trinajstić information content (AvgIpc) is 2.77. The molecular formula is C14H24N4O2S. The lowest BCUT2D eigenvalue weighted by molar-refractivity contribution is -0.151. The van der Waals surface area contributed by atoms with Gasteiger partial charge in [0, 0.05) is 5.92 Å². The van der Waals surface area contributed by atoms with Crippen LogP contribution >= 0.6 is 11.8 Å². The Morgan fingerprint density at radius 3 is 2.62 bits per heavy atom. The molecule has 0 amide bonds. The standard InChI is InChI=1S/C14H24N4O2S/c1-14(2,3)20-11(19)9-21-13-17-16-12(18(13)15)10-7-5-4-6-8-10/h10H,4-9,15H2,1-3H3. The Bertz CT molecular complexity index is 490. The van der Waals surface area contributed by atoms with Crippen LogP contribution in [0, 0.1) is 0 Å². The number of hydrogen-bond acceptors (Lipinski definition) is 6. The largest absolute Gasteiger partial charge is 0.459 e. The summed E-state index contributed by atoms with van der Waals surface area (Å²) in [5, 5.41) is 8.88. The van der Waals surface area contributed by atoms with E-state index in [-0.39, 0.29) is 11.7 Å². The summed E-state index contributed by atoms with van der Waals surface area (Å²) in [6.07, 6.45) is 5.96. The van der Waals surface area contributed by atoms with Crippen LogP contribution in [-0.4, -0.2) is 32.2 Å². The molecule has 1 aliphatic rings. The minimum Gasteiger partial charge on any atom is -0.459 e.